The first-order chi connectivity index (χ1) is 13.7. The molecule has 4 aromatic carbocycles. The summed E-state index contributed by atoms with van der Waals surface area (Å²) in [5.74, 6) is -0.588. The SMILES string of the molecule is C[C@@H](C(=O)OC(c1ccccc1)c1ccccc1)c1cccc2ccccc12. The highest BCUT2D eigenvalue weighted by Gasteiger charge is 2.24. The van der Waals surface area contributed by atoms with Crippen LogP contribution >= 0.6 is 0 Å². The second-order valence-corrected chi connectivity index (χ2v) is 6.93. The second kappa shape index (κ2) is 8.10. The Morgan fingerprint density at radius 2 is 1.21 bits per heavy atom. The van der Waals surface area contributed by atoms with Crippen molar-refractivity contribution in [1.82, 2.24) is 0 Å². The van der Waals surface area contributed by atoms with Crippen LogP contribution in [0.5, 0.6) is 0 Å². The van der Waals surface area contributed by atoms with Gasteiger partial charge in [-0.05, 0) is 34.4 Å². The van der Waals surface area contributed by atoms with Crippen LogP contribution in [-0.4, -0.2) is 5.97 Å². The van der Waals surface area contributed by atoms with Gasteiger partial charge < -0.3 is 4.74 Å². The van der Waals surface area contributed by atoms with E-state index in [2.05, 4.69) is 18.2 Å². The minimum Gasteiger partial charge on any atom is -0.452 e. The Hall–Kier alpha value is -3.39. The van der Waals surface area contributed by atoms with Crippen LogP contribution in [0.15, 0.2) is 103 Å². The Labute approximate surface area is 165 Å². The van der Waals surface area contributed by atoms with Crippen LogP contribution in [0, 0.1) is 0 Å². The Bertz CT molecular complexity index is 1030. The molecule has 1 atom stereocenters. The molecule has 0 saturated carbocycles. The van der Waals surface area contributed by atoms with E-state index >= 15 is 0 Å². The van der Waals surface area contributed by atoms with Gasteiger partial charge in [-0.25, -0.2) is 0 Å². The molecular weight excluding hydrogens is 344 g/mol. The van der Waals surface area contributed by atoms with Crippen molar-refractivity contribution in [3.05, 3.63) is 120 Å². The number of fused-ring (bicyclic) bond motifs is 1. The molecule has 0 N–H and O–H groups in total. The summed E-state index contributed by atoms with van der Waals surface area (Å²) in [6, 6.07) is 34.0. The maximum Gasteiger partial charge on any atom is 0.314 e. The van der Waals surface area contributed by atoms with Gasteiger partial charge in [0.1, 0.15) is 0 Å². The van der Waals surface area contributed by atoms with Crippen LogP contribution in [0.1, 0.15) is 35.6 Å². The van der Waals surface area contributed by atoms with Gasteiger partial charge >= 0.3 is 5.97 Å². The van der Waals surface area contributed by atoms with E-state index in [1.54, 1.807) is 0 Å². The predicted octanol–water partition coefficient (Wildman–Crippen LogP) is 6.28. The van der Waals surface area contributed by atoms with Gasteiger partial charge in [0, 0.05) is 0 Å². The molecule has 2 heteroatoms. The Kier molecular flexibility index (Phi) is 5.20. The fraction of sp³-hybridized carbons (Fsp3) is 0.115. The maximum atomic E-state index is 13.1. The Balaban J connectivity index is 1.66. The number of carbonyl (C=O) groups excluding carboxylic acids is 1. The lowest BCUT2D eigenvalue weighted by atomic mass is 9.94. The summed E-state index contributed by atoms with van der Waals surface area (Å²) in [6.45, 7) is 1.91. The summed E-state index contributed by atoms with van der Waals surface area (Å²) in [5.41, 5.74) is 2.92. The van der Waals surface area contributed by atoms with Crippen molar-refractivity contribution in [1.29, 1.82) is 0 Å². The summed E-state index contributed by atoms with van der Waals surface area (Å²) in [5, 5.41) is 2.22. The minimum atomic E-state index is -0.424. The third-order valence-electron chi connectivity index (χ3n) is 5.08. The van der Waals surface area contributed by atoms with E-state index in [-0.39, 0.29) is 11.9 Å². The Morgan fingerprint density at radius 1 is 0.679 bits per heavy atom. The van der Waals surface area contributed by atoms with Gasteiger partial charge in [0.15, 0.2) is 6.10 Å². The third kappa shape index (κ3) is 3.67. The molecule has 138 valence electrons. The van der Waals surface area contributed by atoms with Crippen molar-refractivity contribution in [2.45, 2.75) is 18.9 Å². The van der Waals surface area contributed by atoms with Crippen molar-refractivity contribution in [3.63, 3.8) is 0 Å². The van der Waals surface area contributed by atoms with E-state index in [4.69, 9.17) is 4.74 Å². The van der Waals surface area contributed by atoms with E-state index in [0.29, 0.717) is 0 Å². The molecule has 0 aliphatic rings. The van der Waals surface area contributed by atoms with Gasteiger partial charge in [-0.2, -0.15) is 0 Å². The second-order valence-electron chi connectivity index (χ2n) is 6.93. The molecule has 0 amide bonds. The average molecular weight is 366 g/mol. The van der Waals surface area contributed by atoms with Crippen LogP contribution in [0.3, 0.4) is 0 Å². The zero-order valence-corrected chi connectivity index (χ0v) is 15.8. The molecule has 0 aliphatic carbocycles. The lowest BCUT2D eigenvalue weighted by molar-refractivity contribution is -0.149. The molecule has 0 heterocycles. The summed E-state index contributed by atoms with van der Waals surface area (Å²) in [7, 11) is 0. The van der Waals surface area contributed by atoms with E-state index in [1.165, 1.54) is 0 Å². The maximum absolute atomic E-state index is 13.1. The van der Waals surface area contributed by atoms with Gasteiger partial charge in [0.2, 0.25) is 0 Å². The standard InChI is InChI=1S/C26H22O2/c1-19(23-18-10-16-20-11-8-9-17-24(20)23)26(27)28-25(21-12-4-2-5-13-21)22-14-6-3-7-15-22/h2-19,25H,1H3/t19-/m1/s1. The average Bonchev–Trinajstić information content (AvgIpc) is 2.77. The monoisotopic (exact) mass is 366 g/mol. The Morgan fingerprint density at radius 3 is 1.86 bits per heavy atom. The summed E-state index contributed by atoms with van der Waals surface area (Å²) < 4.78 is 6.05. The molecular formula is C26H22O2. The first-order valence-electron chi connectivity index (χ1n) is 9.52. The van der Waals surface area contributed by atoms with Crippen molar-refractivity contribution in [2.75, 3.05) is 0 Å². The fourth-order valence-corrected chi connectivity index (χ4v) is 3.56. The van der Waals surface area contributed by atoms with Gasteiger partial charge in [0.25, 0.3) is 0 Å². The summed E-state index contributed by atoms with van der Waals surface area (Å²) in [6.07, 6.45) is -0.424. The van der Waals surface area contributed by atoms with E-state index in [0.717, 1.165) is 27.5 Å². The van der Waals surface area contributed by atoms with Gasteiger partial charge in [-0.3, -0.25) is 4.79 Å². The van der Waals surface area contributed by atoms with Crippen LogP contribution in [0.25, 0.3) is 10.8 Å². The zero-order valence-electron chi connectivity index (χ0n) is 15.8. The highest BCUT2D eigenvalue weighted by molar-refractivity contribution is 5.91. The number of hydrogen-bond acceptors (Lipinski definition) is 2. The highest BCUT2D eigenvalue weighted by Crippen LogP contribution is 2.31. The molecule has 2 nitrogen and oxygen atoms in total. The molecule has 0 spiro atoms. The lowest BCUT2D eigenvalue weighted by Gasteiger charge is -2.22. The summed E-state index contributed by atoms with van der Waals surface area (Å²) >= 11 is 0. The predicted molar refractivity (Wildman–Crippen MR) is 113 cm³/mol. The van der Waals surface area contributed by atoms with Crippen molar-refractivity contribution >= 4 is 16.7 Å². The smallest absolute Gasteiger partial charge is 0.314 e. The van der Waals surface area contributed by atoms with Gasteiger partial charge in [0.05, 0.1) is 5.92 Å². The first kappa shape index (κ1) is 18.0. The molecule has 4 rings (SSSR count). The van der Waals surface area contributed by atoms with Crippen molar-refractivity contribution in [3.8, 4) is 0 Å². The zero-order chi connectivity index (χ0) is 19.3. The molecule has 0 radical (unpaired) electrons. The number of ether oxygens (including phenoxy) is 1. The molecule has 4 aromatic rings. The quantitative estimate of drug-likeness (QED) is 0.389. The number of rotatable bonds is 5. The van der Waals surface area contributed by atoms with Crippen LogP contribution in [0.2, 0.25) is 0 Å². The van der Waals surface area contributed by atoms with Crippen molar-refractivity contribution in [2.24, 2.45) is 0 Å². The fourth-order valence-electron chi connectivity index (χ4n) is 3.56. The molecule has 0 bridgehead atoms. The van der Waals surface area contributed by atoms with Gasteiger partial charge in [-0.1, -0.05) is 103 Å². The van der Waals surface area contributed by atoms with Crippen LogP contribution in [-0.2, 0) is 9.53 Å². The van der Waals surface area contributed by atoms with Crippen LogP contribution < -0.4 is 0 Å². The third-order valence-corrected chi connectivity index (χ3v) is 5.08. The number of hydrogen-bond donors (Lipinski definition) is 0. The number of carbonyl (C=O) groups is 1. The molecule has 0 aliphatic heterocycles. The van der Waals surface area contributed by atoms with Crippen molar-refractivity contribution < 1.29 is 9.53 Å². The molecule has 0 aromatic heterocycles. The first-order valence-corrected chi connectivity index (χ1v) is 9.52. The molecule has 0 unspecified atom stereocenters. The molecule has 28 heavy (non-hydrogen) atoms. The highest BCUT2D eigenvalue weighted by atomic mass is 16.5. The lowest BCUT2D eigenvalue weighted by Crippen LogP contribution is -2.18. The number of benzene rings is 4. The molecule has 0 fully saturated rings. The van der Waals surface area contributed by atoms with Crippen LogP contribution in [0.4, 0.5) is 0 Å². The topological polar surface area (TPSA) is 26.3 Å². The van der Waals surface area contributed by atoms with E-state index in [9.17, 15) is 4.79 Å². The van der Waals surface area contributed by atoms with E-state index in [1.807, 2.05) is 91.9 Å². The minimum absolute atomic E-state index is 0.228. The number of esters is 1. The summed E-state index contributed by atoms with van der Waals surface area (Å²) in [4.78, 5) is 13.1. The normalized spacial score (nSPS) is 12.1. The van der Waals surface area contributed by atoms with Gasteiger partial charge in [-0.15, -0.1) is 0 Å². The largest absolute Gasteiger partial charge is 0.452 e. The van der Waals surface area contributed by atoms with E-state index < -0.39 is 6.10 Å². The molecule has 0 saturated heterocycles.